The summed E-state index contributed by atoms with van der Waals surface area (Å²) < 4.78 is 3.99. The van der Waals surface area contributed by atoms with Crippen LogP contribution in [0.1, 0.15) is 25.2 Å². The summed E-state index contributed by atoms with van der Waals surface area (Å²) in [4.78, 5) is 10.8. The number of carboxylic acid groups (broad SMARTS) is 1. The molecule has 1 heterocycles. The Hall–Kier alpha value is -1.08. The van der Waals surface area contributed by atoms with Crippen LogP contribution in [-0.4, -0.2) is 32.2 Å². The first kappa shape index (κ1) is 13.0. The topological polar surface area (TPSA) is 102 Å². The molecular weight excluding hydrogens is 230 g/mol. The van der Waals surface area contributed by atoms with Gasteiger partial charge in [0.05, 0.1) is 0 Å². The molecule has 0 spiro atoms. The summed E-state index contributed by atoms with van der Waals surface area (Å²) in [5.74, 6) is -0.476. The van der Waals surface area contributed by atoms with Crippen LogP contribution in [0.2, 0.25) is 0 Å². The number of carbonyl (C=O) groups is 1. The van der Waals surface area contributed by atoms with E-state index in [1.165, 1.54) is 11.8 Å². The van der Waals surface area contributed by atoms with Crippen LogP contribution in [0.5, 0.6) is 0 Å². The number of hydrogen-bond donors (Lipinski definition) is 2. The van der Waals surface area contributed by atoms with Crippen LogP contribution in [0.15, 0.2) is 4.63 Å². The van der Waals surface area contributed by atoms with Gasteiger partial charge in [-0.2, -0.15) is 0 Å². The summed E-state index contributed by atoms with van der Waals surface area (Å²) in [7, 11) is 0. The number of carboxylic acids is 1. The lowest BCUT2D eigenvalue weighted by atomic mass is 10.1. The average molecular weight is 245 g/mol. The van der Waals surface area contributed by atoms with Crippen LogP contribution in [0, 0.1) is 6.92 Å². The number of nitrogens with two attached hydrogens (primary N) is 1. The minimum atomic E-state index is -1.01. The quantitative estimate of drug-likeness (QED) is 0.791. The Morgan fingerprint density at radius 3 is 2.69 bits per heavy atom. The first-order chi connectivity index (χ1) is 7.34. The van der Waals surface area contributed by atoms with Crippen molar-refractivity contribution in [2.24, 2.45) is 5.73 Å². The van der Waals surface area contributed by atoms with E-state index in [4.69, 9.17) is 10.8 Å². The number of nitrogens with zero attached hydrogens (tertiary/aromatic N) is 2. The third kappa shape index (κ3) is 2.96. The molecule has 0 fully saturated rings. The molecular formula is C9H15N3O3S. The van der Waals surface area contributed by atoms with Crippen molar-refractivity contribution in [1.82, 2.24) is 10.3 Å². The second-order valence-corrected chi connectivity index (χ2v) is 5.63. The van der Waals surface area contributed by atoms with Crippen LogP contribution in [0.3, 0.4) is 0 Å². The van der Waals surface area contributed by atoms with Gasteiger partial charge in [0.25, 0.3) is 0 Å². The van der Waals surface area contributed by atoms with Gasteiger partial charge in [-0.1, -0.05) is 10.3 Å². The molecule has 0 aromatic carbocycles. The van der Waals surface area contributed by atoms with Crippen LogP contribution >= 0.6 is 11.8 Å². The second kappa shape index (κ2) is 4.84. The molecule has 0 aliphatic rings. The summed E-state index contributed by atoms with van der Waals surface area (Å²) in [6.07, 6.45) is 0. The van der Waals surface area contributed by atoms with E-state index in [0.717, 1.165) is 5.69 Å². The van der Waals surface area contributed by atoms with E-state index < -0.39 is 16.8 Å². The first-order valence-corrected chi connectivity index (χ1v) is 5.73. The van der Waals surface area contributed by atoms with Crippen molar-refractivity contribution in [1.29, 1.82) is 0 Å². The molecule has 1 atom stereocenters. The summed E-state index contributed by atoms with van der Waals surface area (Å²) in [5.41, 5.74) is 7.03. The molecule has 0 bridgehead atoms. The Labute approximate surface area is 97.5 Å². The predicted octanol–water partition coefficient (Wildman–Crippen LogP) is 0.802. The molecule has 0 unspecified atom stereocenters. The molecule has 3 N–H and O–H groups in total. The zero-order valence-corrected chi connectivity index (χ0v) is 10.2. The zero-order valence-electron chi connectivity index (χ0n) is 9.43. The van der Waals surface area contributed by atoms with Gasteiger partial charge in [-0.15, -0.1) is 11.8 Å². The van der Waals surface area contributed by atoms with Crippen LogP contribution < -0.4 is 5.73 Å². The Morgan fingerprint density at radius 1 is 1.62 bits per heavy atom. The van der Waals surface area contributed by atoms with Gasteiger partial charge in [-0.25, -0.2) is 4.63 Å². The van der Waals surface area contributed by atoms with Gasteiger partial charge in [0.15, 0.2) is 0 Å². The van der Waals surface area contributed by atoms with E-state index in [1.807, 2.05) is 0 Å². The van der Waals surface area contributed by atoms with E-state index >= 15 is 0 Å². The molecule has 0 aliphatic heterocycles. The SMILES string of the molecule is Cc1nonc1CSC(C)(C)[C@H](N)C(=O)O. The molecule has 0 amide bonds. The smallest absolute Gasteiger partial charge is 0.321 e. The lowest BCUT2D eigenvalue weighted by Gasteiger charge is -2.27. The van der Waals surface area contributed by atoms with E-state index in [9.17, 15) is 4.79 Å². The number of rotatable bonds is 5. The van der Waals surface area contributed by atoms with Crippen molar-refractivity contribution < 1.29 is 14.5 Å². The summed E-state index contributed by atoms with van der Waals surface area (Å²) in [5, 5.41) is 16.2. The van der Waals surface area contributed by atoms with Gasteiger partial charge in [-0.3, -0.25) is 4.79 Å². The van der Waals surface area contributed by atoms with E-state index in [0.29, 0.717) is 11.4 Å². The average Bonchev–Trinajstić information content (AvgIpc) is 2.60. The highest BCUT2D eigenvalue weighted by atomic mass is 32.2. The van der Waals surface area contributed by atoms with Gasteiger partial charge in [0.1, 0.15) is 17.4 Å². The molecule has 16 heavy (non-hydrogen) atoms. The van der Waals surface area contributed by atoms with Crippen molar-refractivity contribution in [2.75, 3.05) is 0 Å². The summed E-state index contributed by atoms with van der Waals surface area (Å²) >= 11 is 1.42. The van der Waals surface area contributed by atoms with Crippen molar-refractivity contribution in [2.45, 2.75) is 37.3 Å². The van der Waals surface area contributed by atoms with Gasteiger partial charge in [0.2, 0.25) is 0 Å². The fourth-order valence-electron chi connectivity index (χ4n) is 1.02. The van der Waals surface area contributed by atoms with E-state index in [2.05, 4.69) is 14.9 Å². The minimum absolute atomic E-state index is 0.531. The van der Waals surface area contributed by atoms with Gasteiger partial charge in [-0.05, 0) is 20.8 Å². The number of thioether (sulfide) groups is 1. The van der Waals surface area contributed by atoms with Crippen molar-refractivity contribution in [3.8, 4) is 0 Å². The monoisotopic (exact) mass is 245 g/mol. The number of aryl methyl sites for hydroxylation is 1. The van der Waals surface area contributed by atoms with Gasteiger partial charge < -0.3 is 10.8 Å². The van der Waals surface area contributed by atoms with Crippen LogP contribution in [0.4, 0.5) is 0 Å². The molecule has 1 aromatic heterocycles. The maximum atomic E-state index is 10.8. The molecule has 6 nitrogen and oxygen atoms in total. The van der Waals surface area contributed by atoms with Gasteiger partial charge >= 0.3 is 5.97 Å². The zero-order chi connectivity index (χ0) is 12.3. The maximum Gasteiger partial charge on any atom is 0.321 e. The molecule has 90 valence electrons. The fraction of sp³-hybridized carbons (Fsp3) is 0.667. The highest BCUT2D eigenvalue weighted by Crippen LogP contribution is 2.30. The van der Waals surface area contributed by atoms with Crippen molar-refractivity contribution >= 4 is 17.7 Å². The Bertz CT molecular complexity index is 378. The molecule has 1 rings (SSSR count). The Balaban J connectivity index is 2.61. The normalized spacial score (nSPS) is 13.8. The molecule has 0 radical (unpaired) electrons. The number of aliphatic carboxylic acids is 1. The number of hydrogen-bond acceptors (Lipinski definition) is 6. The lowest BCUT2D eigenvalue weighted by molar-refractivity contribution is -0.139. The second-order valence-electron chi connectivity index (χ2n) is 4.00. The largest absolute Gasteiger partial charge is 0.480 e. The van der Waals surface area contributed by atoms with Gasteiger partial charge in [0, 0.05) is 10.5 Å². The molecule has 0 aliphatic carbocycles. The summed E-state index contributed by atoms with van der Waals surface area (Å²) in [6, 6.07) is -0.919. The van der Waals surface area contributed by atoms with E-state index in [-0.39, 0.29) is 0 Å². The number of aromatic nitrogens is 2. The standard InChI is InChI=1S/C9H15N3O3S/c1-5-6(12-15-11-5)4-16-9(2,3)7(10)8(13)14/h7H,4,10H2,1-3H3,(H,13,14)/t7-/m1/s1. The minimum Gasteiger partial charge on any atom is -0.480 e. The Morgan fingerprint density at radius 2 is 2.25 bits per heavy atom. The maximum absolute atomic E-state index is 10.8. The highest BCUT2D eigenvalue weighted by Gasteiger charge is 2.32. The lowest BCUT2D eigenvalue weighted by Crippen LogP contribution is -2.46. The molecule has 0 saturated heterocycles. The Kier molecular flexibility index (Phi) is 3.93. The van der Waals surface area contributed by atoms with Crippen LogP contribution in [-0.2, 0) is 10.5 Å². The fourth-order valence-corrected chi connectivity index (χ4v) is 2.07. The predicted molar refractivity (Wildman–Crippen MR) is 60.0 cm³/mol. The highest BCUT2D eigenvalue weighted by molar-refractivity contribution is 7.99. The third-order valence-corrected chi connectivity index (χ3v) is 3.76. The molecule has 7 heteroatoms. The first-order valence-electron chi connectivity index (χ1n) is 4.75. The van der Waals surface area contributed by atoms with Crippen LogP contribution in [0.25, 0.3) is 0 Å². The van der Waals surface area contributed by atoms with Crippen molar-refractivity contribution in [3.05, 3.63) is 11.4 Å². The summed E-state index contributed by atoms with van der Waals surface area (Å²) in [6.45, 7) is 5.37. The third-order valence-electron chi connectivity index (χ3n) is 2.34. The molecule has 0 saturated carbocycles. The van der Waals surface area contributed by atoms with Crippen molar-refractivity contribution in [3.63, 3.8) is 0 Å². The molecule has 1 aromatic rings. The van der Waals surface area contributed by atoms with E-state index in [1.54, 1.807) is 20.8 Å².